The second kappa shape index (κ2) is 8.27. The van der Waals surface area contributed by atoms with Crippen LogP contribution in [0.25, 0.3) is 16.7 Å². The Morgan fingerprint density at radius 1 is 1.00 bits per heavy atom. The Balaban J connectivity index is 1.28. The molecular formula is C23H19N5O3S. The van der Waals surface area contributed by atoms with E-state index in [4.69, 9.17) is 21.7 Å². The maximum absolute atomic E-state index is 12.5. The molecule has 4 aromatic rings. The first-order valence-corrected chi connectivity index (χ1v) is 10.5. The zero-order chi connectivity index (χ0) is 22.1. The van der Waals surface area contributed by atoms with Crippen LogP contribution in [0.1, 0.15) is 22.8 Å². The molecule has 8 nitrogen and oxygen atoms in total. The Morgan fingerprint density at radius 3 is 2.59 bits per heavy atom. The number of benzene rings is 3. The Bertz CT molecular complexity index is 1330. The van der Waals surface area contributed by atoms with Crippen LogP contribution >= 0.6 is 12.2 Å². The van der Waals surface area contributed by atoms with Crippen LogP contribution in [0.2, 0.25) is 0 Å². The Morgan fingerprint density at radius 2 is 1.78 bits per heavy atom. The molecule has 1 aromatic heterocycles. The zero-order valence-electron chi connectivity index (χ0n) is 17.2. The lowest BCUT2D eigenvalue weighted by molar-refractivity contribution is 0.0977. The van der Waals surface area contributed by atoms with Crippen molar-refractivity contribution in [1.82, 2.24) is 20.3 Å². The molecular weight excluding hydrogens is 426 g/mol. The van der Waals surface area contributed by atoms with Crippen molar-refractivity contribution in [2.75, 3.05) is 12.1 Å². The Labute approximate surface area is 189 Å². The fraction of sp³-hybridized carbons (Fsp3) is 0.130. The summed E-state index contributed by atoms with van der Waals surface area (Å²) in [6, 6.07) is 18.6. The van der Waals surface area contributed by atoms with Crippen molar-refractivity contribution < 1.29 is 14.3 Å². The van der Waals surface area contributed by atoms with Gasteiger partial charge >= 0.3 is 0 Å². The third-order valence-electron chi connectivity index (χ3n) is 5.08. The molecule has 1 aliphatic heterocycles. The van der Waals surface area contributed by atoms with Gasteiger partial charge in [0.05, 0.1) is 5.69 Å². The predicted octanol–water partition coefficient (Wildman–Crippen LogP) is 3.84. The average molecular weight is 446 g/mol. The van der Waals surface area contributed by atoms with Crippen molar-refractivity contribution in [3.63, 3.8) is 0 Å². The van der Waals surface area contributed by atoms with E-state index < -0.39 is 0 Å². The largest absolute Gasteiger partial charge is 0.454 e. The molecule has 1 aliphatic rings. The quantitative estimate of drug-likeness (QED) is 0.461. The summed E-state index contributed by atoms with van der Waals surface area (Å²) < 4.78 is 10.6. The number of carbonyl (C=O) groups is 1. The molecule has 2 N–H and O–H groups in total. The molecule has 0 saturated carbocycles. The van der Waals surface area contributed by atoms with Crippen LogP contribution in [0.15, 0.2) is 60.7 Å². The minimum Gasteiger partial charge on any atom is -0.454 e. The summed E-state index contributed by atoms with van der Waals surface area (Å²) >= 11 is 5.30. The van der Waals surface area contributed by atoms with E-state index in [0.29, 0.717) is 28.3 Å². The SMILES string of the molecule is CCc1ccc(-n2nc3ccc(NC(=S)NC(=O)c4ccc5c(c4)OCO5)cc3n2)cc1. The van der Waals surface area contributed by atoms with E-state index in [0.717, 1.165) is 17.6 Å². The first-order valence-electron chi connectivity index (χ1n) is 10.1. The summed E-state index contributed by atoms with van der Waals surface area (Å²) in [6.45, 7) is 2.27. The number of hydrogen-bond acceptors (Lipinski definition) is 6. The molecule has 0 fully saturated rings. The van der Waals surface area contributed by atoms with Gasteiger partial charge in [0.1, 0.15) is 11.0 Å². The van der Waals surface area contributed by atoms with Gasteiger partial charge in [-0.2, -0.15) is 4.80 Å². The summed E-state index contributed by atoms with van der Waals surface area (Å²) in [5.74, 6) is 0.808. The number of thiocarbonyl (C=S) groups is 1. The topological polar surface area (TPSA) is 90.3 Å². The Kier molecular flexibility index (Phi) is 5.16. The van der Waals surface area contributed by atoms with Gasteiger partial charge in [0.25, 0.3) is 5.91 Å². The van der Waals surface area contributed by atoms with E-state index in [1.807, 2.05) is 30.3 Å². The summed E-state index contributed by atoms with van der Waals surface area (Å²) in [6.07, 6.45) is 0.981. The van der Waals surface area contributed by atoms with Gasteiger partial charge in [-0.15, -0.1) is 10.2 Å². The van der Waals surface area contributed by atoms with E-state index in [-0.39, 0.29) is 17.8 Å². The third-order valence-corrected chi connectivity index (χ3v) is 5.28. The third kappa shape index (κ3) is 3.97. The number of fused-ring (bicyclic) bond motifs is 2. The first kappa shape index (κ1) is 20.0. The second-order valence-electron chi connectivity index (χ2n) is 7.19. The number of nitrogens with zero attached hydrogens (tertiary/aromatic N) is 3. The summed E-state index contributed by atoms with van der Waals surface area (Å²) in [4.78, 5) is 14.1. The lowest BCUT2D eigenvalue weighted by Gasteiger charge is -2.09. The van der Waals surface area contributed by atoms with Gasteiger partial charge in [-0.1, -0.05) is 19.1 Å². The normalized spacial score (nSPS) is 12.0. The maximum Gasteiger partial charge on any atom is 0.257 e. The lowest BCUT2D eigenvalue weighted by atomic mass is 10.2. The molecule has 9 heteroatoms. The van der Waals surface area contributed by atoms with Crippen LogP contribution in [0.3, 0.4) is 0 Å². The minimum absolute atomic E-state index is 0.150. The molecule has 1 amide bonds. The van der Waals surface area contributed by atoms with E-state index in [1.165, 1.54) is 5.56 Å². The first-order chi connectivity index (χ1) is 15.6. The Hall–Kier alpha value is -3.98. The summed E-state index contributed by atoms with van der Waals surface area (Å²) in [5.41, 5.74) is 4.73. The number of aromatic nitrogens is 3. The molecule has 3 aromatic carbocycles. The number of ether oxygens (including phenoxy) is 2. The molecule has 160 valence electrons. The zero-order valence-corrected chi connectivity index (χ0v) is 18.0. The molecule has 0 bridgehead atoms. The van der Waals surface area contributed by atoms with Crippen LogP contribution in [-0.4, -0.2) is 32.8 Å². The molecule has 0 spiro atoms. The van der Waals surface area contributed by atoms with Gasteiger partial charge in [0, 0.05) is 11.3 Å². The lowest BCUT2D eigenvalue weighted by Crippen LogP contribution is -2.34. The molecule has 2 heterocycles. The van der Waals surface area contributed by atoms with Crippen molar-refractivity contribution in [2.24, 2.45) is 0 Å². The highest BCUT2D eigenvalue weighted by Crippen LogP contribution is 2.32. The fourth-order valence-electron chi connectivity index (χ4n) is 3.35. The minimum atomic E-state index is -0.344. The van der Waals surface area contributed by atoms with Crippen LogP contribution in [0.5, 0.6) is 11.5 Å². The van der Waals surface area contributed by atoms with Gasteiger partial charge < -0.3 is 14.8 Å². The van der Waals surface area contributed by atoms with Gasteiger partial charge in [0.15, 0.2) is 16.6 Å². The molecule has 0 unspecified atom stereocenters. The summed E-state index contributed by atoms with van der Waals surface area (Å²) in [7, 11) is 0. The maximum atomic E-state index is 12.5. The monoisotopic (exact) mass is 445 g/mol. The number of aryl methyl sites for hydroxylation is 1. The molecule has 0 aliphatic carbocycles. The number of rotatable bonds is 4. The second-order valence-corrected chi connectivity index (χ2v) is 7.60. The van der Waals surface area contributed by atoms with Crippen LogP contribution in [-0.2, 0) is 6.42 Å². The van der Waals surface area contributed by atoms with Crippen LogP contribution in [0.4, 0.5) is 5.69 Å². The fourth-order valence-corrected chi connectivity index (χ4v) is 3.56. The highest BCUT2D eigenvalue weighted by Gasteiger charge is 2.17. The van der Waals surface area contributed by atoms with Crippen molar-refractivity contribution in [3.05, 3.63) is 71.8 Å². The van der Waals surface area contributed by atoms with E-state index in [9.17, 15) is 4.79 Å². The van der Waals surface area contributed by atoms with Crippen LogP contribution in [0, 0.1) is 0 Å². The van der Waals surface area contributed by atoms with Crippen molar-refractivity contribution in [1.29, 1.82) is 0 Å². The van der Waals surface area contributed by atoms with Crippen molar-refractivity contribution >= 4 is 40.0 Å². The van der Waals surface area contributed by atoms with Gasteiger partial charge in [-0.3, -0.25) is 10.1 Å². The number of hydrogen-bond donors (Lipinski definition) is 2. The number of nitrogens with one attached hydrogen (secondary N) is 2. The molecule has 5 rings (SSSR count). The number of carbonyl (C=O) groups excluding carboxylic acids is 1. The highest BCUT2D eigenvalue weighted by molar-refractivity contribution is 7.80. The molecule has 0 atom stereocenters. The average Bonchev–Trinajstić information content (AvgIpc) is 3.45. The predicted molar refractivity (Wildman–Crippen MR) is 124 cm³/mol. The molecule has 32 heavy (non-hydrogen) atoms. The van der Waals surface area contributed by atoms with Crippen LogP contribution < -0.4 is 20.1 Å². The summed E-state index contributed by atoms with van der Waals surface area (Å²) in [5, 5.41) is 14.9. The van der Waals surface area contributed by atoms with E-state index in [2.05, 4.69) is 39.9 Å². The highest BCUT2D eigenvalue weighted by atomic mass is 32.1. The van der Waals surface area contributed by atoms with Crippen molar-refractivity contribution in [2.45, 2.75) is 13.3 Å². The van der Waals surface area contributed by atoms with E-state index >= 15 is 0 Å². The molecule has 0 saturated heterocycles. The van der Waals surface area contributed by atoms with Gasteiger partial charge in [-0.25, -0.2) is 0 Å². The number of amides is 1. The van der Waals surface area contributed by atoms with E-state index in [1.54, 1.807) is 23.0 Å². The smallest absolute Gasteiger partial charge is 0.257 e. The van der Waals surface area contributed by atoms with Gasteiger partial charge in [-0.05, 0) is 72.7 Å². The standard InChI is InChI=1S/C23H19N5O3S/c1-2-14-3-7-17(8-4-14)28-26-18-9-6-16(12-19(18)27-28)24-23(32)25-22(29)15-5-10-20-21(11-15)31-13-30-20/h3-12H,2,13H2,1H3,(H2,24,25,29,32). The molecule has 0 radical (unpaired) electrons. The van der Waals surface area contributed by atoms with Crippen molar-refractivity contribution in [3.8, 4) is 17.2 Å². The van der Waals surface area contributed by atoms with Gasteiger partial charge in [0.2, 0.25) is 6.79 Å². The number of anilines is 1.